The molecule has 3 rings (SSSR count). The molecule has 1 atom stereocenters. The number of thiazole rings is 1. The molecule has 1 aromatic heterocycles. The SMILES string of the molecule is Nc1nc(C(F)(CC2=CC(F)=C(F)CC2)c2ccc(O)cc2)cs1. The first-order valence-corrected chi connectivity index (χ1v) is 8.20. The monoisotopic (exact) mass is 352 g/mol. The van der Waals surface area contributed by atoms with Gasteiger partial charge in [0.2, 0.25) is 0 Å². The highest BCUT2D eigenvalue weighted by molar-refractivity contribution is 7.13. The number of phenols is 1. The van der Waals surface area contributed by atoms with Crippen LogP contribution in [-0.4, -0.2) is 10.1 Å². The highest BCUT2D eigenvalue weighted by atomic mass is 32.1. The van der Waals surface area contributed by atoms with Gasteiger partial charge < -0.3 is 10.8 Å². The van der Waals surface area contributed by atoms with Gasteiger partial charge in [0.05, 0.1) is 5.69 Å². The van der Waals surface area contributed by atoms with Crippen molar-refractivity contribution < 1.29 is 18.3 Å². The molecule has 1 heterocycles. The quantitative estimate of drug-likeness (QED) is 0.822. The Morgan fingerprint density at radius 1 is 1.21 bits per heavy atom. The fourth-order valence-corrected chi connectivity index (χ4v) is 3.33. The van der Waals surface area contributed by atoms with Crippen LogP contribution in [0.5, 0.6) is 5.75 Å². The van der Waals surface area contributed by atoms with Crippen molar-refractivity contribution in [1.29, 1.82) is 0 Å². The number of nitrogen functional groups attached to an aromatic ring is 1. The number of hydrogen-bond donors (Lipinski definition) is 2. The Balaban J connectivity index is 2.03. The second-order valence-electron chi connectivity index (χ2n) is 5.65. The number of benzene rings is 1. The third-order valence-corrected chi connectivity index (χ3v) is 4.65. The van der Waals surface area contributed by atoms with Gasteiger partial charge in [-0.2, -0.15) is 0 Å². The lowest BCUT2D eigenvalue weighted by atomic mass is 9.84. The number of allylic oxidation sites excluding steroid dienone is 4. The average Bonchev–Trinajstić information content (AvgIpc) is 2.99. The van der Waals surface area contributed by atoms with Gasteiger partial charge in [0.15, 0.2) is 16.6 Å². The maximum atomic E-state index is 15.9. The third-order valence-electron chi connectivity index (χ3n) is 3.98. The molecule has 0 aliphatic heterocycles. The summed E-state index contributed by atoms with van der Waals surface area (Å²) in [6.07, 6.45) is 1.04. The lowest BCUT2D eigenvalue weighted by molar-refractivity contribution is 0.212. The molecule has 1 unspecified atom stereocenters. The van der Waals surface area contributed by atoms with E-state index in [1.807, 2.05) is 0 Å². The standard InChI is InChI=1S/C17H15F3N2OS/c18-13-6-1-10(7-14(13)19)8-17(20,15-9-24-16(21)22-15)11-2-4-12(23)5-3-11/h2-5,7,9,23H,1,6,8H2,(H2,21,22). The number of aromatic nitrogens is 1. The Kier molecular flexibility index (Phi) is 4.36. The molecule has 1 aromatic carbocycles. The number of nitrogens with two attached hydrogens (primary N) is 1. The van der Waals surface area contributed by atoms with Gasteiger partial charge in [-0.3, -0.25) is 0 Å². The van der Waals surface area contributed by atoms with Crippen molar-refractivity contribution in [2.45, 2.75) is 24.9 Å². The first-order valence-electron chi connectivity index (χ1n) is 7.32. The molecule has 0 fully saturated rings. The van der Waals surface area contributed by atoms with Crippen LogP contribution >= 0.6 is 11.3 Å². The first kappa shape index (κ1) is 16.6. The summed E-state index contributed by atoms with van der Waals surface area (Å²) in [7, 11) is 0. The summed E-state index contributed by atoms with van der Waals surface area (Å²) in [5, 5.41) is 11.2. The minimum Gasteiger partial charge on any atom is -0.508 e. The van der Waals surface area contributed by atoms with Crippen LogP contribution in [0.3, 0.4) is 0 Å². The molecular weight excluding hydrogens is 337 g/mol. The minimum atomic E-state index is -2.04. The van der Waals surface area contributed by atoms with E-state index in [2.05, 4.69) is 4.98 Å². The molecule has 1 aliphatic carbocycles. The van der Waals surface area contributed by atoms with Crippen LogP contribution in [0.2, 0.25) is 0 Å². The summed E-state index contributed by atoms with van der Waals surface area (Å²) in [5.41, 5.74) is 4.42. The van der Waals surface area contributed by atoms with Crippen molar-refractivity contribution in [3.05, 3.63) is 64.2 Å². The summed E-state index contributed by atoms with van der Waals surface area (Å²) in [6.45, 7) is 0. The van der Waals surface area contributed by atoms with E-state index in [1.54, 1.807) is 0 Å². The van der Waals surface area contributed by atoms with Gasteiger partial charge >= 0.3 is 0 Å². The number of halogens is 3. The topological polar surface area (TPSA) is 59.1 Å². The minimum absolute atomic E-state index is 0.00632. The highest BCUT2D eigenvalue weighted by Gasteiger charge is 2.38. The number of rotatable bonds is 4. The Morgan fingerprint density at radius 2 is 1.92 bits per heavy atom. The zero-order chi connectivity index (χ0) is 17.3. The smallest absolute Gasteiger partial charge is 0.182 e. The molecule has 0 spiro atoms. The third kappa shape index (κ3) is 3.17. The van der Waals surface area contributed by atoms with Gasteiger partial charge in [-0.15, -0.1) is 11.3 Å². The molecule has 7 heteroatoms. The number of alkyl halides is 1. The number of nitrogens with zero attached hydrogens (tertiary/aromatic N) is 1. The predicted octanol–water partition coefficient (Wildman–Crippen LogP) is 4.90. The zero-order valence-corrected chi connectivity index (χ0v) is 13.4. The van der Waals surface area contributed by atoms with E-state index in [4.69, 9.17) is 5.73 Å². The number of anilines is 1. The van der Waals surface area contributed by atoms with Gasteiger partial charge in [-0.25, -0.2) is 18.2 Å². The molecule has 0 bridgehead atoms. The van der Waals surface area contributed by atoms with Gasteiger partial charge in [0.25, 0.3) is 0 Å². The summed E-state index contributed by atoms with van der Waals surface area (Å²) in [4.78, 5) is 4.03. The number of aromatic hydroxyl groups is 1. The van der Waals surface area contributed by atoms with Crippen molar-refractivity contribution in [3.8, 4) is 5.75 Å². The van der Waals surface area contributed by atoms with Crippen molar-refractivity contribution >= 4 is 16.5 Å². The molecule has 0 saturated carbocycles. The van der Waals surface area contributed by atoms with Gasteiger partial charge in [0, 0.05) is 18.2 Å². The normalized spacial score (nSPS) is 17.5. The Hall–Kier alpha value is -2.28. The number of hydrogen-bond acceptors (Lipinski definition) is 4. The van der Waals surface area contributed by atoms with Gasteiger partial charge in [-0.1, -0.05) is 17.7 Å². The van der Waals surface area contributed by atoms with E-state index in [1.165, 1.54) is 29.6 Å². The van der Waals surface area contributed by atoms with E-state index >= 15 is 4.39 Å². The maximum absolute atomic E-state index is 15.9. The molecule has 24 heavy (non-hydrogen) atoms. The summed E-state index contributed by atoms with van der Waals surface area (Å²) >= 11 is 1.11. The average molecular weight is 352 g/mol. The molecule has 0 radical (unpaired) electrons. The van der Waals surface area contributed by atoms with Crippen molar-refractivity contribution in [2.75, 3.05) is 5.73 Å². The Bertz CT molecular complexity index is 813. The van der Waals surface area contributed by atoms with Crippen molar-refractivity contribution in [2.24, 2.45) is 0 Å². The summed E-state index contributed by atoms with van der Waals surface area (Å²) < 4.78 is 42.6. The summed E-state index contributed by atoms with van der Waals surface area (Å²) in [6, 6.07) is 5.63. The Morgan fingerprint density at radius 3 is 2.50 bits per heavy atom. The van der Waals surface area contributed by atoms with Crippen LogP contribution in [0, 0.1) is 0 Å². The molecule has 0 amide bonds. The number of phenolic OH excluding ortho intramolecular Hbond substituents is 1. The van der Waals surface area contributed by atoms with Crippen LogP contribution in [0.25, 0.3) is 0 Å². The van der Waals surface area contributed by atoms with Gasteiger partial charge in [-0.05, 0) is 30.2 Å². The molecule has 2 aromatic rings. The molecule has 1 aliphatic rings. The lowest BCUT2D eigenvalue weighted by Gasteiger charge is -2.26. The zero-order valence-electron chi connectivity index (χ0n) is 12.6. The fourth-order valence-electron chi connectivity index (χ4n) is 2.71. The first-order chi connectivity index (χ1) is 11.4. The predicted molar refractivity (Wildman–Crippen MR) is 87.7 cm³/mol. The van der Waals surface area contributed by atoms with Crippen LogP contribution in [0.4, 0.5) is 18.3 Å². The lowest BCUT2D eigenvalue weighted by Crippen LogP contribution is -2.24. The second-order valence-corrected chi connectivity index (χ2v) is 6.54. The van der Waals surface area contributed by atoms with Crippen LogP contribution < -0.4 is 5.73 Å². The Labute approximate surface area is 141 Å². The summed E-state index contributed by atoms with van der Waals surface area (Å²) in [5.74, 6) is -1.76. The largest absolute Gasteiger partial charge is 0.508 e. The maximum Gasteiger partial charge on any atom is 0.182 e. The van der Waals surface area contributed by atoms with Gasteiger partial charge in [0.1, 0.15) is 11.6 Å². The molecule has 0 saturated heterocycles. The second kappa shape index (κ2) is 6.32. The highest BCUT2D eigenvalue weighted by Crippen LogP contribution is 2.43. The molecule has 126 valence electrons. The van der Waals surface area contributed by atoms with Crippen LogP contribution in [0.15, 0.2) is 52.9 Å². The van der Waals surface area contributed by atoms with E-state index in [-0.39, 0.29) is 41.4 Å². The fraction of sp³-hybridized carbons (Fsp3) is 0.235. The molecule has 3 N–H and O–H groups in total. The van der Waals surface area contributed by atoms with E-state index in [0.717, 1.165) is 17.4 Å². The molecule has 3 nitrogen and oxygen atoms in total. The van der Waals surface area contributed by atoms with Crippen molar-refractivity contribution in [3.63, 3.8) is 0 Å². The van der Waals surface area contributed by atoms with E-state index < -0.39 is 17.3 Å². The molecular formula is C17H15F3N2OS. The van der Waals surface area contributed by atoms with Crippen molar-refractivity contribution in [1.82, 2.24) is 4.98 Å². The van der Waals surface area contributed by atoms with Crippen LogP contribution in [0.1, 0.15) is 30.5 Å². The van der Waals surface area contributed by atoms with E-state index in [0.29, 0.717) is 5.57 Å². The van der Waals surface area contributed by atoms with E-state index in [9.17, 15) is 13.9 Å². The van der Waals surface area contributed by atoms with Crippen LogP contribution in [-0.2, 0) is 5.67 Å².